The number of hydrogen-bond donors (Lipinski definition) is 0. The van der Waals surface area contributed by atoms with E-state index in [1.54, 1.807) is 13.0 Å². The highest BCUT2D eigenvalue weighted by molar-refractivity contribution is 6.19. The number of benzene rings is 1. The Morgan fingerprint density at radius 2 is 2.21 bits per heavy atom. The molecule has 1 aliphatic rings. The second-order valence-electron chi connectivity index (χ2n) is 4.30. The lowest BCUT2D eigenvalue weighted by atomic mass is 10.0. The van der Waals surface area contributed by atoms with Crippen LogP contribution < -0.4 is 4.74 Å². The lowest BCUT2D eigenvalue weighted by molar-refractivity contribution is -0.139. The molecule has 2 rings (SSSR count). The number of ether oxygens (including phenoxy) is 2. The van der Waals surface area contributed by atoms with Crippen molar-refractivity contribution >= 4 is 17.8 Å². The van der Waals surface area contributed by atoms with E-state index < -0.39 is 5.97 Å². The SMILES string of the molecule is CCOC(=O)C(=Cc1ccc2c(c1)CCO2)C(C)=O. The van der Waals surface area contributed by atoms with Gasteiger partial charge in [0.25, 0.3) is 0 Å². The maximum Gasteiger partial charge on any atom is 0.341 e. The van der Waals surface area contributed by atoms with Crippen molar-refractivity contribution in [3.05, 3.63) is 34.9 Å². The molecule has 19 heavy (non-hydrogen) atoms. The maximum atomic E-state index is 11.7. The van der Waals surface area contributed by atoms with Crippen LogP contribution in [0.2, 0.25) is 0 Å². The summed E-state index contributed by atoms with van der Waals surface area (Å²) in [6.45, 7) is 4.00. The highest BCUT2D eigenvalue weighted by Crippen LogP contribution is 2.26. The standard InChI is InChI=1S/C15H16O4/c1-3-18-15(17)13(10(2)16)9-11-4-5-14-12(8-11)6-7-19-14/h4-5,8-9H,3,6-7H2,1-2H3. The molecule has 0 aliphatic carbocycles. The van der Waals surface area contributed by atoms with Crippen LogP contribution in [0.4, 0.5) is 0 Å². The van der Waals surface area contributed by atoms with Gasteiger partial charge < -0.3 is 9.47 Å². The molecule has 4 nitrogen and oxygen atoms in total. The zero-order valence-corrected chi connectivity index (χ0v) is 11.1. The van der Waals surface area contributed by atoms with Crippen molar-refractivity contribution in [1.82, 2.24) is 0 Å². The summed E-state index contributed by atoms with van der Waals surface area (Å²) in [5.74, 6) is -0.000364. The van der Waals surface area contributed by atoms with Gasteiger partial charge in [-0.2, -0.15) is 0 Å². The first-order valence-electron chi connectivity index (χ1n) is 6.27. The van der Waals surface area contributed by atoms with Crippen LogP contribution in [0, 0.1) is 0 Å². The van der Waals surface area contributed by atoms with Crippen LogP contribution in [0.15, 0.2) is 23.8 Å². The number of carbonyl (C=O) groups is 2. The Balaban J connectivity index is 2.31. The molecule has 0 unspecified atom stereocenters. The lowest BCUT2D eigenvalue weighted by Crippen LogP contribution is -2.13. The summed E-state index contributed by atoms with van der Waals surface area (Å²) in [5.41, 5.74) is 1.98. The fourth-order valence-corrected chi connectivity index (χ4v) is 1.98. The maximum absolute atomic E-state index is 11.7. The van der Waals surface area contributed by atoms with E-state index in [1.807, 2.05) is 18.2 Å². The van der Waals surface area contributed by atoms with Crippen LogP contribution in [-0.4, -0.2) is 25.0 Å². The Hall–Kier alpha value is -2.10. The minimum absolute atomic E-state index is 0.0701. The molecule has 100 valence electrons. The van der Waals surface area contributed by atoms with Crippen molar-refractivity contribution in [3.8, 4) is 5.75 Å². The normalized spacial score (nSPS) is 13.7. The second kappa shape index (κ2) is 5.69. The Kier molecular flexibility index (Phi) is 4.00. The van der Waals surface area contributed by atoms with Gasteiger partial charge in [0.05, 0.1) is 13.2 Å². The van der Waals surface area contributed by atoms with Crippen molar-refractivity contribution < 1.29 is 19.1 Å². The summed E-state index contributed by atoms with van der Waals surface area (Å²) in [4.78, 5) is 23.2. The van der Waals surface area contributed by atoms with Crippen molar-refractivity contribution in [2.75, 3.05) is 13.2 Å². The van der Waals surface area contributed by atoms with E-state index in [4.69, 9.17) is 9.47 Å². The van der Waals surface area contributed by atoms with E-state index in [9.17, 15) is 9.59 Å². The first-order chi connectivity index (χ1) is 9.11. The van der Waals surface area contributed by atoms with Gasteiger partial charge in [-0.15, -0.1) is 0 Å². The third-order valence-electron chi connectivity index (χ3n) is 2.90. The van der Waals surface area contributed by atoms with Gasteiger partial charge in [0.2, 0.25) is 0 Å². The number of fused-ring (bicyclic) bond motifs is 1. The summed E-state index contributed by atoms with van der Waals surface area (Å²) < 4.78 is 10.3. The third kappa shape index (κ3) is 3.02. The molecule has 1 aliphatic heterocycles. The fraction of sp³-hybridized carbons (Fsp3) is 0.333. The van der Waals surface area contributed by atoms with Gasteiger partial charge in [0.1, 0.15) is 11.3 Å². The van der Waals surface area contributed by atoms with E-state index in [0.29, 0.717) is 6.61 Å². The zero-order valence-electron chi connectivity index (χ0n) is 11.1. The largest absolute Gasteiger partial charge is 0.493 e. The van der Waals surface area contributed by atoms with E-state index in [0.717, 1.165) is 23.3 Å². The van der Waals surface area contributed by atoms with Crippen molar-refractivity contribution in [2.45, 2.75) is 20.3 Å². The van der Waals surface area contributed by atoms with Crippen molar-refractivity contribution in [1.29, 1.82) is 0 Å². The summed E-state index contributed by atoms with van der Waals surface area (Å²) >= 11 is 0. The molecule has 1 aromatic rings. The van der Waals surface area contributed by atoms with E-state index in [-0.39, 0.29) is 18.0 Å². The molecule has 0 radical (unpaired) electrons. The van der Waals surface area contributed by atoms with E-state index in [1.165, 1.54) is 6.92 Å². The van der Waals surface area contributed by atoms with Gasteiger partial charge >= 0.3 is 5.97 Å². The van der Waals surface area contributed by atoms with E-state index >= 15 is 0 Å². The minimum atomic E-state index is -0.577. The summed E-state index contributed by atoms with van der Waals surface area (Å²) in [6, 6.07) is 5.62. The summed E-state index contributed by atoms with van der Waals surface area (Å²) in [7, 11) is 0. The fourth-order valence-electron chi connectivity index (χ4n) is 1.98. The van der Waals surface area contributed by atoms with Gasteiger partial charge in [0.15, 0.2) is 5.78 Å². The number of hydrogen-bond acceptors (Lipinski definition) is 4. The van der Waals surface area contributed by atoms with Gasteiger partial charge in [0, 0.05) is 6.42 Å². The van der Waals surface area contributed by atoms with Crippen LogP contribution in [0.1, 0.15) is 25.0 Å². The zero-order chi connectivity index (χ0) is 13.8. The predicted octanol–water partition coefficient (Wildman–Crippen LogP) is 2.16. The van der Waals surface area contributed by atoms with Gasteiger partial charge in [-0.05, 0) is 43.2 Å². The number of ketones is 1. The summed E-state index contributed by atoms with van der Waals surface area (Å²) in [6.07, 6.45) is 2.42. The Morgan fingerprint density at radius 3 is 2.89 bits per heavy atom. The van der Waals surface area contributed by atoms with Gasteiger partial charge in [-0.1, -0.05) is 6.07 Å². The molecule has 0 amide bonds. The van der Waals surface area contributed by atoms with Crippen LogP contribution in [0.3, 0.4) is 0 Å². The van der Waals surface area contributed by atoms with Crippen LogP contribution in [0.25, 0.3) is 6.08 Å². The molecular weight excluding hydrogens is 244 g/mol. The quantitative estimate of drug-likeness (QED) is 0.360. The Morgan fingerprint density at radius 1 is 1.42 bits per heavy atom. The molecule has 0 saturated heterocycles. The second-order valence-corrected chi connectivity index (χ2v) is 4.30. The topological polar surface area (TPSA) is 52.6 Å². The van der Waals surface area contributed by atoms with Crippen molar-refractivity contribution in [2.24, 2.45) is 0 Å². The molecule has 0 bridgehead atoms. The number of rotatable bonds is 4. The van der Waals surface area contributed by atoms with E-state index in [2.05, 4.69) is 0 Å². The number of Topliss-reactive ketones (excluding diaryl/α,β-unsaturated/α-hetero) is 1. The third-order valence-corrected chi connectivity index (χ3v) is 2.90. The highest BCUT2D eigenvalue weighted by Gasteiger charge is 2.17. The van der Waals surface area contributed by atoms with Crippen molar-refractivity contribution in [3.63, 3.8) is 0 Å². The Labute approximate surface area is 112 Å². The molecular formula is C15H16O4. The molecule has 1 aromatic carbocycles. The molecule has 4 heteroatoms. The number of esters is 1. The molecule has 0 N–H and O–H groups in total. The monoisotopic (exact) mass is 260 g/mol. The first-order valence-corrected chi connectivity index (χ1v) is 6.27. The highest BCUT2D eigenvalue weighted by atomic mass is 16.5. The average Bonchev–Trinajstić information content (AvgIpc) is 2.83. The molecule has 0 atom stereocenters. The minimum Gasteiger partial charge on any atom is -0.493 e. The Bertz CT molecular complexity index is 543. The molecule has 0 fully saturated rings. The summed E-state index contributed by atoms with van der Waals surface area (Å²) in [5, 5.41) is 0. The van der Waals surface area contributed by atoms with Crippen LogP contribution in [-0.2, 0) is 20.7 Å². The first kappa shape index (κ1) is 13.3. The van der Waals surface area contributed by atoms with Crippen LogP contribution >= 0.6 is 0 Å². The molecule has 0 spiro atoms. The predicted molar refractivity (Wildman–Crippen MR) is 70.9 cm³/mol. The van der Waals surface area contributed by atoms with Gasteiger partial charge in [-0.25, -0.2) is 4.79 Å². The molecule has 0 saturated carbocycles. The molecule has 0 aromatic heterocycles. The molecule has 1 heterocycles. The average molecular weight is 260 g/mol. The van der Waals surface area contributed by atoms with Gasteiger partial charge in [-0.3, -0.25) is 4.79 Å². The smallest absolute Gasteiger partial charge is 0.341 e. The number of carbonyl (C=O) groups excluding carboxylic acids is 2. The van der Waals surface area contributed by atoms with Crippen LogP contribution in [0.5, 0.6) is 5.75 Å². The lowest BCUT2D eigenvalue weighted by Gasteiger charge is -2.04.